The lowest BCUT2D eigenvalue weighted by molar-refractivity contribution is -0.119. The first-order chi connectivity index (χ1) is 13.6. The van der Waals surface area contributed by atoms with Crippen molar-refractivity contribution in [3.05, 3.63) is 52.5 Å². The number of benzene rings is 2. The molecule has 0 atom stereocenters. The molecule has 0 saturated carbocycles. The van der Waals surface area contributed by atoms with Gasteiger partial charge in [0.15, 0.2) is 0 Å². The summed E-state index contributed by atoms with van der Waals surface area (Å²) in [6, 6.07) is 10.4. The molecule has 7 nitrogen and oxygen atoms in total. The predicted octanol–water partition coefficient (Wildman–Crippen LogP) is 2.93. The van der Waals surface area contributed by atoms with Crippen LogP contribution in [0.1, 0.15) is 11.1 Å². The van der Waals surface area contributed by atoms with Crippen molar-refractivity contribution >= 4 is 33.2 Å². The zero-order valence-electron chi connectivity index (χ0n) is 16.9. The normalized spacial score (nSPS) is 11.1. The molecule has 0 saturated heterocycles. The van der Waals surface area contributed by atoms with Gasteiger partial charge >= 0.3 is 0 Å². The van der Waals surface area contributed by atoms with Crippen molar-refractivity contribution in [3.63, 3.8) is 0 Å². The molecule has 0 aliphatic carbocycles. The average molecular weight is 441 g/mol. The second-order valence-electron chi connectivity index (χ2n) is 6.56. The summed E-state index contributed by atoms with van der Waals surface area (Å²) < 4.78 is 36.1. The van der Waals surface area contributed by atoms with Crippen LogP contribution in [0.25, 0.3) is 0 Å². The van der Waals surface area contributed by atoms with Crippen molar-refractivity contribution in [1.82, 2.24) is 5.32 Å². The zero-order valence-corrected chi connectivity index (χ0v) is 18.4. The van der Waals surface area contributed by atoms with E-state index in [9.17, 15) is 13.2 Å². The Balaban J connectivity index is 1.97. The highest BCUT2D eigenvalue weighted by Crippen LogP contribution is 2.30. The Morgan fingerprint density at radius 3 is 2.48 bits per heavy atom. The molecule has 1 amide bonds. The lowest BCUT2D eigenvalue weighted by atomic mass is 10.1. The molecule has 2 rings (SSSR count). The summed E-state index contributed by atoms with van der Waals surface area (Å²) >= 11 is 6.08. The third-order valence-corrected chi connectivity index (χ3v) is 5.57. The number of hydrogen-bond donors (Lipinski definition) is 1. The first kappa shape index (κ1) is 22.8. The highest BCUT2D eigenvalue weighted by Gasteiger charge is 2.21. The number of halogens is 1. The third kappa shape index (κ3) is 6.54. The molecule has 0 heterocycles. The number of aryl methyl sites for hydroxylation is 2. The number of carbonyl (C=O) groups is 1. The van der Waals surface area contributed by atoms with E-state index in [4.69, 9.17) is 21.1 Å². The Morgan fingerprint density at radius 2 is 1.86 bits per heavy atom. The Morgan fingerprint density at radius 1 is 1.14 bits per heavy atom. The first-order valence-corrected chi connectivity index (χ1v) is 11.1. The second-order valence-corrected chi connectivity index (χ2v) is 8.87. The standard InChI is InChI=1S/C20H25ClN2O5S/c1-14-5-6-15(2)19(11-14)28-10-9-22-20(24)13-23(29(4,25)26)16-7-8-18(27-3)17(21)12-16/h5-8,11-12H,9-10,13H2,1-4H3,(H,22,24). The van der Waals surface area contributed by atoms with Gasteiger partial charge in [-0.05, 0) is 49.2 Å². The Kier molecular flexibility index (Phi) is 7.75. The second kappa shape index (κ2) is 9.84. The Hall–Kier alpha value is -2.45. The van der Waals surface area contributed by atoms with Gasteiger partial charge in [0, 0.05) is 0 Å². The highest BCUT2D eigenvalue weighted by molar-refractivity contribution is 7.92. The highest BCUT2D eigenvalue weighted by atomic mass is 35.5. The van der Waals surface area contributed by atoms with Crippen LogP contribution >= 0.6 is 11.6 Å². The van der Waals surface area contributed by atoms with Gasteiger partial charge in [-0.15, -0.1) is 0 Å². The van der Waals surface area contributed by atoms with Crippen molar-refractivity contribution in [2.45, 2.75) is 13.8 Å². The van der Waals surface area contributed by atoms with Crippen molar-refractivity contribution in [2.24, 2.45) is 0 Å². The maximum atomic E-state index is 12.3. The van der Waals surface area contributed by atoms with E-state index in [1.807, 2.05) is 32.0 Å². The largest absolute Gasteiger partial charge is 0.495 e. The van der Waals surface area contributed by atoms with Crippen LogP contribution in [0.2, 0.25) is 5.02 Å². The number of hydrogen-bond acceptors (Lipinski definition) is 5. The van der Waals surface area contributed by atoms with Crippen molar-refractivity contribution in [3.8, 4) is 11.5 Å². The maximum absolute atomic E-state index is 12.3. The molecule has 2 aromatic carbocycles. The van der Waals surface area contributed by atoms with Gasteiger partial charge in [-0.25, -0.2) is 8.42 Å². The first-order valence-electron chi connectivity index (χ1n) is 8.90. The molecule has 1 N–H and O–H groups in total. The van der Waals surface area contributed by atoms with Crippen molar-refractivity contribution < 1.29 is 22.7 Å². The molecule has 0 radical (unpaired) electrons. The summed E-state index contributed by atoms with van der Waals surface area (Å²) in [5, 5.41) is 2.92. The van der Waals surface area contributed by atoms with Crippen LogP contribution < -0.4 is 19.1 Å². The fourth-order valence-electron chi connectivity index (χ4n) is 2.61. The monoisotopic (exact) mass is 440 g/mol. The molecular formula is C20H25ClN2O5S. The summed E-state index contributed by atoms with van der Waals surface area (Å²) in [4.78, 5) is 12.3. The van der Waals surface area contributed by atoms with E-state index in [0.29, 0.717) is 5.75 Å². The lowest BCUT2D eigenvalue weighted by Crippen LogP contribution is -2.41. The van der Waals surface area contributed by atoms with E-state index in [-0.39, 0.29) is 30.4 Å². The SMILES string of the molecule is COc1ccc(N(CC(=O)NCCOc2cc(C)ccc2C)S(C)(=O)=O)cc1Cl. The van der Waals surface area contributed by atoms with Gasteiger partial charge in [0.25, 0.3) is 0 Å². The summed E-state index contributed by atoms with van der Waals surface area (Å²) in [5.41, 5.74) is 2.36. The van der Waals surface area contributed by atoms with E-state index >= 15 is 0 Å². The smallest absolute Gasteiger partial charge is 0.240 e. The van der Waals surface area contributed by atoms with Gasteiger partial charge in [0.05, 0.1) is 30.6 Å². The quantitative estimate of drug-likeness (QED) is 0.606. The summed E-state index contributed by atoms with van der Waals surface area (Å²) in [5.74, 6) is 0.716. The van der Waals surface area contributed by atoms with E-state index in [0.717, 1.165) is 27.4 Å². The molecule has 0 bridgehead atoms. The summed E-state index contributed by atoms with van der Waals surface area (Å²) in [6.07, 6.45) is 1.03. The number of carbonyl (C=O) groups excluding carboxylic acids is 1. The number of methoxy groups -OCH3 is 1. The molecule has 9 heteroatoms. The van der Waals surface area contributed by atoms with Gasteiger partial charge < -0.3 is 14.8 Å². The number of nitrogens with zero attached hydrogens (tertiary/aromatic N) is 1. The Bertz CT molecular complexity index is 979. The number of sulfonamides is 1. The molecule has 0 aromatic heterocycles. The van der Waals surface area contributed by atoms with E-state index < -0.39 is 15.9 Å². The van der Waals surface area contributed by atoms with Gasteiger partial charge in [-0.2, -0.15) is 0 Å². The molecular weight excluding hydrogens is 416 g/mol. The van der Waals surface area contributed by atoms with Crippen LogP contribution in [0, 0.1) is 13.8 Å². The summed E-state index contributed by atoms with van der Waals surface area (Å²) in [6.45, 7) is 4.05. The number of nitrogens with one attached hydrogen (secondary N) is 1. The molecule has 0 aliphatic rings. The van der Waals surface area contributed by atoms with E-state index in [1.54, 1.807) is 6.07 Å². The van der Waals surface area contributed by atoms with Crippen LogP contribution in [-0.2, 0) is 14.8 Å². The van der Waals surface area contributed by atoms with Crippen LogP contribution in [0.4, 0.5) is 5.69 Å². The Labute approximate surface area is 176 Å². The molecule has 0 unspecified atom stereocenters. The molecule has 0 spiro atoms. The van der Waals surface area contributed by atoms with Crippen LogP contribution in [0.3, 0.4) is 0 Å². The predicted molar refractivity (Wildman–Crippen MR) is 115 cm³/mol. The third-order valence-electron chi connectivity index (χ3n) is 4.14. The topological polar surface area (TPSA) is 84.9 Å². The average Bonchev–Trinajstić information content (AvgIpc) is 2.65. The van der Waals surface area contributed by atoms with Crippen LogP contribution in [-0.4, -0.2) is 47.4 Å². The molecule has 158 valence electrons. The maximum Gasteiger partial charge on any atom is 0.240 e. The fraction of sp³-hybridized carbons (Fsp3) is 0.350. The summed E-state index contributed by atoms with van der Waals surface area (Å²) in [7, 11) is -2.23. The zero-order chi connectivity index (χ0) is 21.6. The van der Waals surface area contributed by atoms with Gasteiger partial charge in [-0.3, -0.25) is 9.10 Å². The number of anilines is 1. The minimum absolute atomic E-state index is 0.243. The van der Waals surface area contributed by atoms with E-state index in [1.165, 1.54) is 19.2 Å². The molecule has 29 heavy (non-hydrogen) atoms. The number of ether oxygens (including phenoxy) is 2. The molecule has 0 fully saturated rings. The molecule has 2 aromatic rings. The van der Waals surface area contributed by atoms with Gasteiger partial charge in [-0.1, -0.05) is 23.7 Å². The van der Waals surface area contributed by atoms with E-state index in [2.05, 4.69) is 5.32 Å². The number of rotatable bonds is 9. The van der Waals surface area contributed by atoms with Crippen LogP contribution in [0.15, 0.2) is 36.4 Å². The van der Waals surface area contributed by atoms with Gasteiger partial charge in [0.2, 0.25) is 15.9 Å². The minimum Gasteiger partial charge on any atom is -0.495 e. The fourth-order valence-corrected chi connectivity index (χ4v) is 3.71. The lowest BCUT2D eigenvalue weighted by Gasteiger charge is -2.22. The molecule has 0 aliphatic heterocycles. The minimum atomic E-state index is -3.69. The van der Waals surface area contributed by atoms with Crippen molar-refractivity contribution in [2.75, 3.05) is 37.4 Å². The van der Waals surface area contributed by atoms with Crippen LogP contribution in [0.5, 0.6) is 11.5 Å². The van der Waals surface area contributed by atoms with Gasteiger partial charge in [0.1, 0.15) is 24.7 Å². The van der Waals surface area contributed by atoms with Crippen molar-refractivity contribution in [1.29, 1.82) is 0 Å². The number of amides is 1.